The van der Waals surface area contributed by atoms with Gasteiger partial charge in [-0.05, 0) is 24.6 Å². The van der Waals surface area contributed by atoms with Crippen LogP contribution in [-0.4, -0.2) is 31.5 Å². The number of esters is 1. The molecule has 0 unspecified atom stereocenters. The van der Waals surface area contributed by atoms with Crippen LogP contribution in [0.5, 0.6) is 5.75 Å². The first-order valence-corrected chi connectivity index (χ1v) is 8.92. The van der Waals surface area contributed by atoms with Gasteiger partial charge in [0.2, 0.25) is 5.91 Å². The molecule has 2 aromatic rings. The van der Waals surface area contributed by atoms with Crippen LogP contribution in [0.1, 0.15) is 31.4 Å². The Balaban J connectivity index is 1.69. The second-order valence-electron chi connectivity index (χ2n) is 6.11. The third kappa shape index (κ3) is 6.75. The van der Waals surface area contributed by atoms with Crippen molar-refractivity contribution in [3.05, 3.63) is 60.2 Å². The van der Waals surface area contributed by atoms with Crippen LogP contribution in [0.4, 0.5) is 5.69 Å². The average molecular weight is 384 g/mol. The van der Waals surface area contributed by atoms with Crippen LogP contribution in [0.3, 0.4) is 0 Å². The normalized spacial score (nSPS) is 11.2. The van der Waals surface area contributed by atoms with E-state index in [0.717, 1.165) is 5.56 Å². The molecular weight excluding hydrogens is 360 g/mol. The summed E-state index contributed by atoms with van der Waals surface area (Å²) in [6.45, 7) is 1.46. The summed E-state index contributed by atoms with van der Waals surface area (Å²) in [4.78, 5) is 35.6. The number of anilines is 1. The van der Waals surface area contributed by atoms with Crippen molar-refractivity contribution in [2.45, 2.75) is 25.8 Å². The van der Waals surface area contributed by atoms with Crippen LogP contribution in [0, 0.1) is 0 Å². The number of benzene rings is 2. The third-order valence-electron chi connectivity index (χ3n) is 3.98. The van der Waals surface area contributed by atoms with Gasteiger partial charge >= 0.3 is 5.97 Å². The summed E-state index contributed by atoms with van der Waals surface area (Å²) < 4.78 is 10.1. The van der Waals surface area contributed by atoms with Crippen LogP contribution in [0.25, 0.3) is 0 Å². The highest BCUT2D eigenvalue weighted by Gasteiger charge is 2.14. The Hall–Kier alpha value is -3.35. The van der Waals surface area contributed by atoms with E-state index in [1.807, 2.05) is 37.3 Å². The second-order valence-corrected chi connectivity index (χ2v) is 6.11. The Bertz CT molecular complexity index is 807. The number of nitrogens with one attached hydrogen (secondary N) is 2. The minimum atomic E-state index is -0.613. The summed E-state index contributed by atoms with van der Waals surface area (Å²) in [5, 5.41) is 5.43. The molecule has 0 spiro atoms. The van der Waals surface area contributed by atoms with Crippen molar-refractivity contribution in [3.63, 3.8) is 0 Å². The molecule has 2 rings (SSSR count). The van der Waals surface area contributed by atoms with E-state index in [4.69, 9.17) is 9.47 Å². The van der Waals surface area contributed by atoms with Gasteiger partial charge in [0.05, 0.1) is 25.3 Å². The van der Waals surface area contributed by atoms with Gasteiger partial charge in [-0.25, -0.2) is 0 Å². The number of carbonyl (C=O) groups is 3. The molecule has 2 N–H and O–H groups in total. The predicted molar refractivity (Wildman–Crippen MR) is 105 cm³/mol. The van der Waals surface area contributed by atoms with Gasteiger partial charge < -0.3 is 20.1 Å². The SMILES string of the molecule is COc1ccccc1NC(=O)CCC(=O)OCC(=O)N[C@@H](C)c1ccccc1. The molecule has 0 aromatic heterocycles. The quantitative estimate of drug-likeness (QED) is 0.649. The zero-order valence-corrected chi connectivity index (χ0v) is 15.9. The van der Waals surface area contributed by atoms with Crippen LogP contribution >= 0.6 is 0 Å². The number of para-hydroxylation sites is 2. The number of ether oxygens (including phenoxy) is 2. The van der Waals surface area contributed by atoms with E-state index < -0.39 is 11.9 Å². The molecule has 28 heavy (non-hydrogen) atoms. The van der Waals surface area contributed by atoms with Crippen LogP contribution < -0.4 is 15.4 Å². The minimum absolute atomic E-state index is 0.0566. The molecular formula is C21H24N2O5. The number of hydrogen-bond donors (Lipinski definition) is 2. The zero-order chi connectivity index (χ0) is 20.4. The Morgan fingerprint density at radius 1 is 0.929 bits per heavy atom. The van der Waals surface area contributed by atoms with E-state index in [1.54, 1.807) is 24.3 Å². The smallest absolute Gasteiger partial charge is 0.306 e. The molecule has 0 aliphatic heterocycles. The summed E-state index contributed by atoms with van der Waals surface area (Å²) >= 11 is 0. The van der Waals surface area contributed by atoms with E-state index >= 15 is 0 Å². The fourth-order valence-corrected chi connectivity index (χ4v) is 2.50. The maximum absolute atomic E-state index is 12.0. The maximum Gasteiger partial charge on any atom is 0.306 e. The monoisotopic (exact) mass is 384 g/mol. The van der Waals surface area contributed by atoms with Crippen molar-refractivity contribution >= 4 is 23.5 Å². The van der Waals surface area contributed by atoms with Crippen molar-refractivity contribution in [1.82, 2.24) is 5.32 Å². The molecule has 7 nitrogen and oxygen atoms in total. The van der Waals surface area contributed by atoms with Gasteiger partial charge in [-0.15, -0.1) is 0 Å². The van der Waals surface area contributed by atoms with Crippen LogP contribution in [-0.2, 0) is 19.1 Å². The number of hydrogen-bond acceptors (Lipinski definition) is 5. The molecule has 0 saturated carbocycles. The van der Waals surface area contributed by atoms with E-state index in [-0.39, 0.29) is 31.4 Å². The van der Waals surface area contributed by atoms with Crippen molar-refractivity contribution < 1.29 is 23.9 Å². The molecule has 1 atom stereocenters. The molecule has 0 saturated heterocycles. The number of rotatable bonds is 9. The maximum atomic E-state index is 12.0. The number of methoxy groups -OCH3 is 1. The van der Waals surface area contributed by atoms with Gasteiger partial charge in [-0.3, -0.25) is 14.4 Å². The largest absolute Gasteiger partial charge is 0.495 e. The Labute approximate surface area is 164 Å². The minimum Gasteiger partial charge on any atom is -0.495 e. The predicted octanol–water partition coefficient (Wildman–Crippen LogP) is 2.83. The summed E-state index contributed by atoms with van der Waals surface area (Å²) in [5.41, 5.74) is 1.48. The lowest BCUT2D eigenvalue weighted by Gasteiger charge is -2.14. The molecule has 0 aliphatic carbocycles. The first-order chi connectivity index (χ1) is 13.5. The lowest BCUT2D eigenvalue weighted by Crippen LogP contribution is -2.31. The summed E-state index contributed by atoms with van der Waals surface area (Å²) in [6, 6.07) is 16.2. The topological polar surface area (TPSA) is 93.7 Å². The van der Waals surface area contributed by atoms with Crippen LogP contribution in [0.15, 0.2) is 54.6 Å². The highest BCUT2D eigenvalue weighted by molar-refractivity contribution is 5.94. The van der Waals surface area contributed by atoms with Crippen molar-refractivity contribution in [2.75, 3.05) is 19.0 Å². The standard InChI is InChI=1S/C21H24N2O5/c1-15(16-8-4-3-5-9-16)22-20(25)14-28-21(26)13-12-19(24)23-17-10-6-7-11-18(17)27-2/h3-11,15H,12-14H2,1-2H3,(H,22,25)(H,23,24)/t15-/m0/s1. The van der Waals surface area contributed by atoms with Gasteiger partial charge in [-0.1, -0.05) is 42.5 Å². The Kier molecular flexibility index (Phi) is 8.02. The molecule has 0 radical (unpaired) electrons. The second kappa shape index (κ2) is 10.7. The molecule has 0 bridgehead atoms. The molecule has 0 aliphatic rings. The number of carbonyl (C=O) groups excluding carboxylic acids is 3. The summed E-state index contributed by atoms with van der Waals surface area (Å²) in [5.74, 6) is -0.827. The van der Waals surface area contributed by atoms with Gasteiger partial charge in [0.25, 0.3) is 5.91 Å². The lowest BCUT2D eigenvalue weighted by atomic mass is 10.1. The molecule has 0 heterocycles. The van der Waals surface area contributed by atoms with E-state index in [2.05, 4.69) is 10.6 Å². The van der Waals surface area contributed by atoms with Crippen molar-refractivity contribution in [1.29, 1.82) is 0 Å². The van der Waals surface area contributed by atoms with Gasteiger partial charge in [0, 0.05) is 6.42 Å². The van der Waals surface area contributed by atoms with E-state index in [1.165, 1.54) is 7.11 Å². The van der Waals surface area contributed by atoms with Crippen molar-refractivity contribution in [2.24, 2.45) is 0 Å². The van der Waals surface area contributed by atoms with E-state index in [9.17, 15) is 14.4 Å². The number of amides is 2. The lowest BCUT2D eigenvalue weighted by molar-refractivity contribution is -0.149. The first kappa shape index (κ1) is 21.0. The Morgan fingerprint density at radius 2 is 1.61 bits per heavy atom. The van der Waals surface area contributed by atoms with Crippen LogP contribution in [0.2, 0.25) is 0 Å². The molecule has 7 heteroatoms. The van der Waals surface area contributed by atoms with Gasteiger partial charge in [0.15, 0.2) is 6.61 Å². The first-order valence-electron chi connectivity index (χ1n) is 8.92. The molecule has 2 amide bonds. The summed E-state index contributed by atoms with van der Waals surface area (Å²) in [6.07, 6.45) is -0.179. The fraction of sp³-hybridized carbons (Fsp3) is 0.286. The zero-order valence-electron chi connectivity index (χ0n) is 15.9. The fourth-order valence-electron chi connectivity index (χ4n) is 2.50. The average Bonchev–Trinajstić information content (AvgIpc) is 2.71. The molecule has 2 aromatic carbocycles. The van der Waals surface area contributed by atoms with E-state index in [0.29, 0.717) is 11.4 Å². The van der Waals surface area contributed by atoms with Gasteiger partial charge in [0.1, 0.15) is 5.75 Å². The highest BCUT2D eigenvalue weighted by Crippen LogP contribution is 2.23. The highest BCUT2D eigenvalue weighted by atomic mass is 16.5. The van der Waals surface area contributed by atoms with Crippen molar-refractivity contribution in [3.8, 4) is 5.75 Å². The molecule has 0 fully saturated rings. The summed E-state index contributed by atoms with van der Waals surface area (Å²) in [7, 11) is 1.51. The Morgan fingerprint density at radius 3 is 2.32 bits per heavy atom. The molecule has 148 valence electrons. The van der Waals surface area contributed by atoms with Gasteiger partial charge in [-0.2, -0.15) is 0 Å². The third-order valence-corrected chi connectivity index (χ3v) is 3.98.